The first-order valence-corrected chi connectivity index (χ1v) is 7.54. The number of hydrogen-bond acceptors (Lipinski definition) is 3. The Morgan fingerprint density at radius 3 is 3.00 bits per heavy atom. The Kier molecular flexibility index (Phi) is 2.84. The number of hydrogen-bond donors (Lipinski definition) is 3. The van der Waals surface area contributed by atoms with Crippen LogP contribution in [0.3, 0.4) is 0 Å². The Morgan fingerprint density at radius 1 is 1.20 bits per heavy atom. The lowest BCUT2D eigenvalue weighted by molar-refractivity contribution is 0.279. The van der Waals surface area contributed by atoms with Crippen LogP contribution in [0.4, 0.5) is 0 Å². The number of rotatable bonds is 1. The minimum Gasteiger partial charge on any atom is -0.351 e. The highest BCUT2D eigenvalue weighted by Gasteiger charge is 2.40. The largest absolute Gasteiger partial charge is 0.351 e. The zero-order valence-corrected chi connectivity index (χ0v) is 11.8. The van der Waals surface area contributed by atoms with Crippen LogP contribution < -0.4 is 16.6 Å². The fourth-order valence-corrected chi connectivity index (χ4v) is 3.91. The molecule has 4 nitrogen and oxygen atoms in total. The van der Waals surface area contributed by atoms with E-state index in [-0.39, 0.29) is 0 Å². The van der Waals surface area contributed by atoms with Gasteiger partial charge in [0.05, 0.1) is 6.04 Å². The summed E-state index contributed by atoms with van der Waals surface area (Å²) in [7, 11) is 2.09. The van der Waals surface area contributed by atoms with Crippen LogP contribution in [0.25, 0.3) is 10.9 Å². The van der Waals surface area contributed by atoms with Gasteiger partial charge in [0.15, 0.2) is 0 Å². The molecule has 1 aliphatic heterocycles. The summed E-state index contributed by atoms with van der Waals surface area (Å²) in [5.41, 5.74) is 15.8. The maximum Gasteiger partial charge on any atom is 0.0506 e. The van der Waals surface area contributed by atoms with E-state index in [2.05, 4.69) is 52.9 Å². The topological polar surface area (TPSA) is 55.0 Å². The van der Waals surface area contributed by atoms with Gasteiger partial charge in [0.25, 0.3) is 0 Å². The molecule has 1 aromatic heterocycles. The van der Waals surface area contributed by atoms with Crippen molar-refractivity contribution in [2.45, 2.75) is 37.4 Å². The Morgan fingerprint density at radius 2 is 2.10 bits per heavy atom. The molecule has 4 rings (SSSR count). The summed E-state index contributed by atoms with van der Waals surface area (Å²) < 4.78 is 2.17. The van der Waals surface area contributed by atoms with Crippen molar-refractivity contribution in [3.63, 3.8) is 0 Å². The molecular weight excluding hydrogens is 248 g/mol. The normalized spacial score (nSPS) is 33.5. The van der Waals surface area contributed by atoms with Crippen molar-refractivity contribution in [1.29, 1.82) is 0 Å². The molecule has 4 N–H and O–H groups in total. The third-order valence-corrected chi connectivity index (χ3v) is 5.06. The maximum absolute atomic E-state index is 6.17. The van der Waals surface area contributed by atoms with Gasteiger partial charge in [0.1, 0.15) is 0 Å². The number of nitrogens with zero attached hydrogens (tertiary/aromatic N) is 1. The third-order valence-electron chi connectivity index (χ3n) is 5.06. The monoisotopic (exact) mass is 270 g/mol. The number of hydrazine groups is 1. The molecule has 0 amide bonds. The van der Waals surface area contributed by atoms with E-state index in [1.54, 1.807) is 0 Å². The van der Waals surface area contributed by atoms with Crippen molar-refractivity contribution in [3.05, 3.63) is 36.0 Å². The molecule has 4 unspecified atom stereocenters. The molecular formula is C16H22N4. The van der Waals surface area contributed by atoms with E-state index in [0.717, 1.165) is 12.8 Å². The van der Waals surface area contributed by atoms with Crippen molar-refractivity contribution >= 4 is 10.9 Å². The highest BCUT2D eigenvalue weighted by atomic mass is 15.4. The first-order chi connectivity index (χ1) is 9.72. The molecule has 1 aromatic carbocycles. The quantitative estimate of drug-likeness (QED) is 0.741. The number of aromatic nitrogens is 1. The molecule has 1 saturated heterocycles. The molecule has 4 heteroatoms. The van der Waals surface area contributed by atoms with E-state index >= 15 is 0 Å². The summed E-state index contributed by atoms with van der Waals surface area (Å²) in [6, 6.07) is 10.3. The highest BCUT2D eigenvalue weighted by molar-refractivity contribution is 5.80. The van der Waals surface area contributed by atoms with E-state index in [1.807, 2.05) is 0 Å². The number of benzene rings is 1. The molecule has 0 radical (unpaired) electrons. The molecule has 1 aliphatic carbocycles. The summed E-state index contributed by atoms with van der Waals surface area (Å²) in [6.07, 6.45) is 5.56. The van der Waals surface area contributed by atoms with E-state index < -0.39 is 0 Å². The minimum absolute atomic E-state index is 0.362. The van der Waals surface area contributed by atoms with Crippen molar-refractivity contribution in [3.8, 4) is 0 Å². The van der Waals surface area contributed by atoms with E-state index in [9.17, 15) is 0 Å². The van der Waals surface area contributed by atoms with Crippen LogP contribution in [0.1, 0.15) is 30.9 Å². The lowest BCUT2D eigenvalue weighted by Gasteiger charge is -2.31. The lowest BCUT2D eigenvalue weighted by Crippen LogP contribution is -2.39. The highest BCUT2D eigenvalue weighted by Crippen LogP contribution is 2.38. The Balaban J connectivity index is 1.68. The van der Waals surface area contributed by atoms with Crippen LogP contribution in [0, 0.1) is 5.92 Å². The van der Waals surface area contributed by atoms with Gasteiger partial charge in [-0.25, -0.2) is 5.43 Å². The zero-order valence-electron chi connectivity index (χ0n) is 11.8. The van der Waals surface area contributed by atoms with Crippen molar-refractivity contribution in [2.24, 2.45) is 18.7 Å². The predicted molar refractivity (Wildman–Crippen MR) is 81.0 cm³/mol. The van der Waals surface area contributed by atoms with Crippen LogP contribution in [0.15, 0.2) is 30.5 Å². The van der Waals surface area contributed by atoms with Gasteiger partial charge in [-0.15, -0.1) is 0 Å². The second kappa shape index (κ2) is 4.58. The van der Waals surface area contributed by atoms with Gasteiger partial charge < -0.3 is 10.3 Å². The summed E-state index contributed by atoms with van der Waals surface area (Å²) in [4.78, 5) is 0. The second-order valence-corrected chi connectivity index (χ2v) is 6.35. The van der Waals surface area contributed by atoms with Crippen LogP contribution in [-0.2, 0) is 7.05 Å². The molecule has 2 fully saturated rings. The van der Waals surface area contributed by atoms with Gasteiger partial charge in [-0.05, 0) is 54.3 Å². The fourth-order valence-electron chi connectivity index (χ4n) is 3.91. The average Bonchev–Trinajstić information content (AvgIpc) is 3.02. The van der Waals surface area contributed by atoms with Crippen LogP contribution in [0.2, 0.25) is 0 Å². The molecule has 0 bridgehead atoms. The number of nitrogens with two attached hydrogens (primary N) is 1. The lowest BCUT2D eigenvalue weighted by atomic mass is 9.77. The summed E-state index contributed by atoms with van der Waals surface area (Å²) >= 11 is 0. The SMILES string of the molecule is Cn1ccc2cc(C3NNC4CCC(N)CC43)ccc21. The first-order valence-electron chi connectivity index (χ1n) is 7.54. The summed E-state index contributed by atoms with van der Waals surface area (Å²) in [6.45, 7) is 0. The molecule has 0 spiro atoms. The Bertz CT molecular complexity index is 632. The van der Waals surface area contributed by atoms with E-state index in [4.69, 9.17) is 5.73 Å². The molecule has 2 aliphatic rings. The first kappa shape index (κ1) is 12.4. The van der Waals surface area contributed by atoms with Crippen molar-refractivity contribution < 1.29 is 0 Å². The summed E-state index contributed by atoms with van der Waals surface area (Å²) in [5, 5.41) is 1.32. The van der Waals surface area contributed by atoms with Gasteiger partial charge in [-0.3, -0.25) is 5.43 Å². The molecule has 106 valence electrons. The number of nitrogens with one attached hydrogen (secondary N) is 2. The van der Waals surface area contributed by atoms with E-state index in [1.165, 1.54) is 22.9 Å². The van der Waals surface area contributed by atoms with E-state index in [0.29, 0.717) is 24.0 Å². The second-order valence-electron chi connectivity index (χ2n) is 6.35. The van der Waals surface area contributed by atoms with Crippen LogP contribution >= 0.6 is 0 Å². The number of aryl methyl sites for hydroxylation is 1. The van der Waals surface area contributed by atoms with Gasteiger partial charge in [-0.1, -0.05) is 6.07 Å². The third kappa shape index (κ3) is 1.87. The van der Waals surface area contributed by atoms with Crippen molar-refractivity contribution in [2.75, 3.05) is 0 Å². The van der Waals surface area contributed by atoms with Crippen LogP contribution in [-0.4, -0.2) is 16.7 Å². The molecule has 2 heterocycles. The van der Waals surface area contributed by atoms with Crippen LogP contribution in [0.5, 0.6) is 0 Å². The maximum atomic E-state index is 6.17. The standard InChI is InChI=1S/C16H22N4/c1-20-7-6-10-8-11(2-5-15(10)20)16-13-9-12(17)3-4-14(13)18-19-16/h2,5-8,12-14,16,18-19H,3-4,9,17H2,1H3. The van der Waals surface area contributed by atoms with Gasteiger partial charge in [0, 0.05) is 30.8 Å². The van der Waals surface area contributed by atoms with Gasteiger partial charge in [0.2, 0.25) is 0 Å². The smallest absolute Gasteiger partial charge is 0.0506 e. The predicted octanol–water partition coefficient (Wildman–Crippen LogP) is 1.82. The molecule has 1 saturated carbocycles. The molecule has 20 heavy (non-hydrogen) atoms. The zero-order chi connectivity index (χ0) is 13.7. The summed E-state index contributed by atoms with van der Waals surface area (Å²) in [5.74, 6) is 0.611. The minimum atomic E-state index is 0.362. The Hall–Kier alpha value is -1.36. The van der Waals surface area contributed by atoms with Gasteiger partial charge in [-0.2, -0.15) is 0 Å². The van der Waals surface area contributed by atoms with Crippen molar-refractivity contribution in [1.82, 2.24) is 15.4 Å². The Labute approximate surface area is 119 Å². The molecule has 4 atom stereocenters. The average molecular weight is 270 g/mol. The van der Waals surface area contributed by atoms with Gasteiger partial charge >= 0.3 is 0 Å². The number of fused-ring (bicyclic) bond motifs is 2. The fraction of sp³-hybridized carbons (Fsp3) is 0.500. The molecule has 2 aromatic rings.